The molecule has 0 spiro atoms. The molecule has 0 aliphatic rings. The Morgan fingerprint density at radius 1 is 1.33 bits per heavy atom. The summed E-state index contributed by atoms with van der Waals surface area (Å²) >= 11 is 4.71. The molecule has 0 saturated heterocycles. The van der Waals surface area contributed by atoms with Gasteiger partial charge in [-0.05, 0) is 38.0 Å². The lowest BCUT2D eigenvalue weighted by Gasteiger charge is -2.13. The summed E-state index contributed by atoms with van der Waals surface area (Å²) in [4.78, 5) is 29.6. The molecule has 1 aromatic heterocycles. The number of unbranched alkanes of at least 4 members (excludes halogenated alkanes) is 1. The second kappa shape index (κ2) is 11.5. The molecule has 0 aliphatic carbocycles. The van der Waals surface area contributed by atoms with Crippen LogP contribution in [0.4, 0.5) is 0 Å². The van der Waals surface area contributed by atoms with Gasteiger partial charge < -0.3 is 10.1 Å². The number of thioether (sulfide) groups is 1. The molecular weight excluding hydrogens is 430 g/mol. The number of ether oxygens (including phenoxy) is 1. The molecule has 1 heterocycles. The number of benzene rings is 1. The number of aromatic nitrogens is 2. The Labute approximate surface area is 172 Å². The number of hydrogen-bond acceptors (Lipinski definition) is 5. The van der Waals surface area contributed by atoms with Gasteiger partial charge in [0.2, 0.25) is 5.91 Å². The van der Waals surface area contributed by atoms with E-state index in [9.17, 15) is 9.59 Å². The lowest BCUT2D eigenvalue weighted by Crippen LogP contribution is -2.28. The highest BCUT2D eigenvalue weighted by molar-refractivity contribution is 9.10. The summed E-state index contributed by atoms with van der Waals surface area (Å²) in [6.07, 6.45) is 2.71. The lowest BCUT2D eigenvalue weighted by molar-refractivity contribution is -0.118. The minimum atomic E-state index is -0.0910. The van der Waals surface area contributed by atoms with E-state index in [2.05, 4.69) is 33.2 Å². The van der Waals surface area contributed by atoms with E-state index in [1.54, 1.807) is 10.6 Å². The summed E-state index contributed by atoms with van der Waals surface area (Å²) in [5, 5.41) is 4.03. The quantitative estimate of drug-likeness (QED) is 0.318. The first-order chi connectivity index (χ1) is 13.1. The van der Waals surface area contributed by atoms with Gasteiger partial charge in [-0.25, -0.2) is 4.98 Å². The number of fused-ring (bicyclic) bond motifs is 1. The third-order valence-electron chi connectivity index (χ3n) is 3.94. The molecular formula is C19H26BrN3O3S. The van der Waals surface area contributed by atoms with Crippen molar-refractivity contribution in [2.45, 2.75) is 44.8 Å². The van der Waals surface area contributed by atoms with E-state index in [1.165, 1.54) is 11.8 Å². The zero-order chi connectivity index (χ0) is 19.6. The molecule has 0 bridgehead atoms. The molecule has 2 aromatic rings. The highest BCUT2D eigenvalue weighted by atomic mass is 79.9. The van der Waals surface area contributed by atoms with Crippen molar-refractivity contribution < 1.29 is 9.53 Å². The monoisotopic (exact) mass is 455 g/mol. The first-order valence-corrected chi connectivity index (χ1v) is 11.0. The van der Waals surface area contributed by atoms with E-state index in [1.807, 2.05) is 19.1 Å². The van der Waals surface area contributed by atoms with Gasteiger partial charge >= 0.3 is 0 Å². The lowest BCUT2D eigenvalue weighted by atomic mass is 10.2. The summed E-state index contributed by atoms with van der Waals surface area (Å²) in [5.41, 5.74) is 0.546. The number of halogens is 1. The van der Waals surface area contributed by atoms with Gasteiger partial charge in [0.15, 0.2) is 5.16 Å². The Balaban J connectivity index is 2.21. The van der Waals surface area contributed by atoms with E-state index in [0.717, 1.165) is 17.3 Å². The zero-order valence-electron chi connectivity index (χ0n) is 15.8. The second-order valence-corrected chi connectivity index (χ2v) is 7.91. The maximum Gasteiger partial charge on any atom is 0.262 e. The fourth-order valence-electron chi connectivity index (χ4n) is 2.53. The van der Waals surface area contributed by atoms with E-state index in [0.29, 0.717) is 48.8 Å². The van der Waals surface area contributed by atoms with Gasteiger partial charge in [0.25, 0.3) is 5.56 Å². The normalized spacial score (nSPS) is 11.1. The summed E-state index contributed by atoms with van der Waals surface area (Å²) in [7, 11) is 0. The number of rotatable bonds is 11. The second-order valence-electron chi connectivity index (χ2n) is 6.06. The van der Waals surface area contributed by atoms with Crippen molar-refractivity contribution in [3.05, 3.63) is 33.0 Å². The molecule has 1 amide bonds. The van der Waals surface area contributed by atoms with Gasteiger partial charge in [0, 0.05) is 30.8 Å². The average Bonchev–Trinajstić information content (AvgIpc) is 2.66. The van der Waals surface area contributed by atoms with Crippen LogP contribution in [0.1, 0.15) is 33.1 Å². The smallest absolute Gasteiger partial charge is 0.262 e. The van der Waals surface area contributed by atoms with Crippen molar-refractivity contribution in [3.63, 3.8) is 0 Å². The number of nitrogens with one attached hydrogen (secondary N) is 1. The van der Waals surface area contributed by atoms with Crippen LogP contribution >= 0.6 is 27.7 Å². The van der Waals surface area contributed by atoms with Crippen molar-refractivity contribution in [1.82, 2.24) is 14.9 Å². The Morgan fingerprint density at radius 2 is 2.15 bits per heavy atom. The van der Waals surface area contributed by atoms with Crippen LogP contribution < -0.4 is 10.9 Å². The first kappa shape index (κ1) is 21.9. The average molecular weight is 456 g/mol. The van der Waals surface area contributed by atoms with Gasteiger partial charge in [-0.15, -0.1) is 0 Å². The largest absolute Gasteiger partial charge is 0.382 e. The van der Waals surface area contributed by atoms with Crippen molar-refractivity contribution in [2.75, 3.05) is 25.5 Å². The molecule has 1 N–H and O–H groups in total. The van der Waals surface area contributed by atoms with E-state index >= 15 is 0 Å². The maximum atomic E-state index is 13.0. The summed E-state index contributed by atoms with van der Waals surface area (Å²) < 4.78 is 7.87. The predicted molar refractivity (Wildman–Crippen MR) is 113 cm³/mol. The van der Waals surface area contributed by atoms with Crippen LogP contribution in [0, 0.1) is 0 Å². The molecule has 8 heteroatoms. The highest BCUT2D eigenvalue weighted by Gasteiger charge is 2.13. The van der Waals surface area contributed by atoms with Gasteiger partial charge in [0.1, 0.15) is 0 Å². The minimum Gasteiger partial charge on any atom is -0.382 e. The van der Waals surface area contributed by atoms with Gasteiger partial charge in [-0.2, -0.15) is 0 Å². The molecule has 0 radical (unpaired) electrons. The molecule has 1 aromatic carbocycles. The minimum absolute atomic E-state index is 0.0422. The molecule has 0 fully saturated rings. The van der Waals surface area contributed by atoms with Crippen molar-refractivity contribution in [3.8, 4) is 0 Å². The van der Waals surface area contributed by atoms with E-state index < -0.39 is 0 Å². The van der Waals surface area contributed by atoms with E-state index in [4.69, 9.17) is 4.74 Å². The molecule has 0 atom stereocenters. The van der Waals surface area contributed by atoms with Crippen molar-refractivity contribution in [1.29, 1.82) is 0 Å². The summed E-state index contributed by atoms with van der Waals surface area (Å²) in [6, 6.07) is 5.46. The van der Waals surface area contributed by atoms with Gasteiger partial charge in [-0.1, -0.05) is 41.0 Å². The topological polar surface area (TPSA) is 73.2 Å². The number of nitrogens with zero attached hydrogens (tertiary/aromatic N) is 2. The summed E-state index contributed by atoms with van der Waals surface area (Å²) in [6.45, 7) is 6.45. The molecule has 2 rings (SSSR count). The maximum absolute atomic E-state index is 13.0. The van der Waals surface area contributed by atoms with Crippen LogP contribution in [0.3, 0.4) is 0 Å². The number of carbonyl (C=O) groups excluding carboxylic acids is 1. The van der Waals surface area contributed by atoms with Crippen molar-refractivity contribution >= 4 is 44.5 Å². The van der Waals surface area contributed by atoms with Crippen LogP contribution in [0.15, 0.2) is 32.6 Å². The van der Waals surface area contributed by atoms with Crippen LogP contribution in [0.5, 0.6) is 0 Å². The fourth-order valence-corrected chi connectivity index (χ4v) is 3.75. The summed E-state index contributed by atoms with van der Waals surface area (Å²) in [5.74, 6) is 0.198. The van der Waals surface area contributed by atoms with Crippen LogP contribution in [0.2, 0.25) is 0 Å². The number of carbonyl (C=O) groups is 1. The van der Waals surface area contributed by atoms with Gasteiger partial charge in [-0.3, -0.25) is 14.2 Å². The molecule has 0 saturated carbocycles. The number of hydrogen-bond donors (Lipinski definition) is 1. The molecule has 148 valence electrons. The van der Waals surface area contributed by atoms with Crippen molar-refractivity contribution in [2.24, 2.45) is 0 Å². The zero-order valence-corrected chi connectivity index (χ0v) is 18.2. The molecule has 0 aliphatic heterocycles. The number of amides is 1. The van der Waals surface area contributed by atoms with Gasteiger partial charge in [0.05, 0.1) is 16.7 Å². The Bertz CT molecular complexity index is 826. The highest BCUT2D eigenvalue weighted by Crippen LogP contribution is 2.20. The predicted octanol–water partition coefficient (Wildman–Crippen LogP) is 3.59. The van der Waals surface area contributed by atoms with Crippen LogP contribution in [0.25, 0.3) is 10.9 Å². The van der Waals surface area contributed by atoms with Crippen LogP contribution in [-0.2, 0) is 16.1 Å². The SMILES string of the molecule is CCCCNC(=O)CSc1nc2ccc(Br)cc2c(=O)n1CCCOCC. The standard InChI is InChI=1S/C19H26BrN3O3S/c1-3-5-9-21-17(24)13-27-19-22-16-8-7-14(20)12-15(16)18(25)23(19)10-6-11-26-4-2/h7-8,12H,3-6,9-11,13H2,1-2H3,(H,21,24). The van der Waals surface area contributed by atoms with E-state index in [-0.39, 0.29) is 17.2 Å². The molecule has 6 nitrogen and oxygen atoms in total. The molecule has 0 unspecified atom stereocenters. The Kier molecular flexibility index (Phi) is 9.30. The Hall–Kier alpha value is -1.38. The fraction of sp³-hybridized carbons (Fsp3) is 0.526. The third-order valence-corrected chi connectivity index (χ3v) is 5.41. The third kappa shape index (κ3) is 6.62. The first-order valence-electron chi connectivity index (χ1n) is 9.24. The van der Waals surface area contributed by atoms with Crippen LogP contribution in [-0.4, -0.2) is 41.0 Å². The molecule has 27 heavy (non-hydrogen) atoms. The Morgan fingerprint density at radius 3 is 2.89 bits per heavy atom.